The Morgan fingerprint density at radius 1 is 1.15 bits per heavy atom. The summed E-state index contributed by atoms with van der Waals surface area (Å²) in [5, 5.41) is 4.01. The molecule has 20 heavy (non-hydrogen) atoms. The molecule has 0 saturated heterocycles. The Kier molecular flexibility index (Phi) is 6.69. The molecule has 1 heterocycles. The van der Waals surface area contributed by atoms with Crippen molar-refractivity contribution < 1.29 is 0 Å². The van der Waals surface area contributed by atoms with Crippen LogP contribution in [0.5, 0.6) is 0 Å². The van der Waals surface area contributed by atoms with E-state index in [1.165, 1.54) is 0 Å². The van der Waals surface area contributed by atoms with E-state index in [1.54, 1.807) is 0 Å². The molecule has 1 aromatic rings. The van der Waals surface area contributed by atoms with Crippen LogP contribution in [0.1, 0.15) is 51.9 Å². The minimum absolute atomic E-state index is 0.270. The predicted molar refractivity (Wildman–Crippen MR) is 86.7 cm³/mol. The summed E-state index contributed by atoms with van der Waals surface area (Å²) in [4.78, 5) is 11.3. The van der Waals surface area contributed by atoms with Crippen LogP contribution in [0.25, 0.3) is 0 Å². The third-order valence-corrected chi connectivity index (χ3v) is 3.80. The number of hydrogen-bond acceptors (Lipinski definition) is 4. The van der Waals surface area contributed by atoms with Crippen molar-refractivity contribution in [2.24, 2.45) is 0 Å². The van der Waals surface area contributed by atoms with E-state index in [2.05, 4.69) is 54.8 Å². The molecule has 1 N–H and O–H groups in total. The van der Waals surface area contributed by atoms with E-state index in [-0.39, 0.29) is 5.92 Å². The highest BCUT2D eigenvalue weighted by molar-refractivity contribution is 6.30. The molecule has 0 aliphatic heterocycles. The highest BCUT2D eigenvalue weighted by Gasteiger charge is 2.14. The maximum absolute atomic E-state index is 6.21. The van der Waals surface area contributed by atoms with Gasteiger partial charge in [-0.25, -0.2) is 9.97 Å². The van der Waals surface area contributed by atoms with Crippen molar-refractivity contribution in [1.82, 2.24) is 14.9 Å². The Morgan fingerprint density at radius 2 is 1.75 bits per heavy atom. The number of likely N-dealkylation sites (N-methyl/N-ethyl adjacent to an activating group) is 1. The highest BCUT2D eigenvalue weighted by Crippen LogP contribution is 2.23. The van der Waals surface area contributed by atoms with Crippen molar-refractivity contribution in [2.75, 3.05) is 25.0 Å². The van der Waals surface area contributed by atoms with Crippen LogP contribution in [0.4, 0.5) is 5.82 Å². The summed E-state index contributed by atoms with van der Waals surface area (Å²) in [6.07, 6.45) is 0. The van der Waals surface area contributed by atoms with Gasteiger partial charge < -0.3 is 10.2 Å². The van der Waals surface area contributed by atoms with Gasteiger partial charge in [-0.3, -0.25) is 0 Å². The van der Waals surface area contributed by atoms with Gasteiger partial charge in [0.15, 0.2) is 0 Å². The Bertz CT molecular complexity index is 430. The van der Waals surface area contributed by atoms with Gasteiger partial charge >= 0.3 is 0 Å². The largest absolute Gasteiger partial charge is 0.366 e. The zero-order chi connectivity index (χ0) is 15.3. The molecule has 114 valence electrons. The highest BCUT2D eigenvalue weighted by atomic mass is 35.5. The summed E-state index contributed by atoms with van der Waals surface area (Å²) in [5.74, 6) is 1.92. The normalized spacial score (nSPS) is 13.1. The molecule has 1 atom stereocenters. The third kappa shape index (κ3) is 4.60. The maximum Gasteiger partial charge on any atom is 0.137 e. The molecule has 0 aliphatic rings. The number of aromatic nitrogens is 2. The topological polar surface area (TPSA) is 41.0 Å². The second-order valence-electron chi connectivity index (χ2n) is 5.53. The van der Waals surface area contributed by atoms with Gasteiger partial charge in [-0.05, 0) is 26.9 Å². The first-order valence-electron chi connectivity index (χ1n) is 7.41. The summed E-state index contributed by atoms with van der Waals surface area (Å²) in [6.45, 7) is 15.7. The van der Waals surface area contributed by atoms with Crippen molar-refractivity contribution in [2.45, 2.75) is 53.5 Å². The summed E-state index contributed by atoms with van der Waals surface area (Å²) < 4.78 is 0. The van der Waals surface area contributed by atoms with Gasteiger partial charge in [0.25, 0.3) is 0 Å². The van der Waals surface area contributed by atoms with E-state index in [9.17, 15) is 0 Å². The number of nitrogens with one attached hydrogen (secondary N) is 1. The fourth-order valence-corrected chi connectivity index (χ4v) is 2.23. The van der Waals surface area contributed by atoms with Gasteiger partial charge in [0, 0.05) is 24.1 Å². The SMILES string of the molecule is CCN(CC)CC(C)Nc1nc(C(C)C)nc(Cl)c1C. The van der Waals surface area contributed by atoms with Gasteiger partial charge in [-0.2, -0.15) is 0 Å². The summed E-state index contributed by atoms with van der Waals surface area (Å²) in [5.41, 5.74) is 0.919. The van der Waals surface area contributed by atoms with Crippen molar-refractivity contribution in [3.05, 3.63) is 16.5 Å². The van der Waals surface area contributed by atoms with Crippen molar-refractivity contribution in [3.8, 4) is 0 Å². The number of anilines is 1. The minimum atomic E-state index is 0.270. The average molecular weight is 299 g/mol. The molecule has 0 amide bonds. The number of nitrogens with zero attached hydrogens (tertiary/aromatic N) is 3. The zero-order valence-electron chi connectivity index (χ0n) is 13.5. The van der Waals surface area contributed by atoms with Crippen LogP contribution in [0.15, 0.2) is 0 Å². The Labute approximate surface area is 127 Å². The second kappa shape index (κ2) is 7.79. The molecule has 5 heteroatoms. The predicted octanol–water partition coefficient (Wildman–Crippen LogP) is 3.70. The molecule has 0 saturated carbocycles. The van der Waals surface area contributed by atoms with Crippen LogP contribution < -0.4 is 5.32 Å². The zero-order valence-corrected chi connectivity index (χ0v) is 14.3. The summed E-state index contributed by atoms with van der Waals surface area (Å²) in [7, 11) is 0. The van der Waals surface area contributed by atoms with E-state index in [0.29, 0.717) is 11.2 Å². The molecule has 0 fully saturated rings. The molecule has 0 radical (unpaired) electrons. The lowest BCUT2D eigenvalue weighted by molar-refractivity contribution is 0.294. The third-order valence-electron chi connectivity index (χ3n) is 3.43. The van der Waals surface area contributed by atoms with Crippen LogP contribution in [0, 0.1) is 6.92 Å². The van der Waals surface area contributed by atoms with E-state index in [1.807, 2.05) is 6.92 Å². The van der Waals surface area contributed by atoms with Crippen LogP contribution in [-0.2, 0) is 0 Å². The minimum Gasteiger partial charge on any atom is -0.366 e. The van der Waals surface area contributed by atoms with Crippen molar-refractivity contribution in [1.29, 1.82) is 0 Å². The molecular weight excluding hydrogens is 272 g/mol. The first-order chi connectivity index (χ1) is 9.38. The first-order valence-corrected chi connectivity index (χ1v) is 7.79. The molecular formula is C15H27ClN4. The summed E-state index contributed by atoms with van der Waals surface area (Å²) >= 11 is 6.21. The average Bonchev–Trinajstić information content (AvgIpc) is 2.40. The Hall–Kier alpha value is -0.870. The van der Waals surface area contributed by atoms with Crippen molar-refractivity contribution in [3.63, 3.8) is 0 Å². The molecule has 1 rings (SSSR count). The first kappa shape index (κ1) is 17.2. The smallest absolute Gasteiger partial charge is 0.137 e. The summed E-state index contributed by atoms with van der Waals surface area (Å²) in [6, 6.07) is 0.319. The Morgan fingerprint density at radius 3 is 2.25 bits per heavy atom. The number of hydrogen-bond donors (Lipinski definition) is 1. The van der Waals surface area contributed by atoms with Crippen LogP contribution in [-0.4, -0.2) is 40.5 Å². The molecule has 0 aromatic carbocycles. The molecule has 0 spiro atoms. The fourth-order valence-electron chi connectivity index (χ4n) is 2.05. The molecule has 1 aromatic heterocycles. The van der Waals surface area contributed by atoms with Gasteiger partial charge in [0.05, 0.1) is 0 Å². The molecule has 0 aliphatic carbocycles. The van der Waals surface area contributed by atoms with Crippen LogP contribution in [0.3, 0.4) is 0 Å². The van der Waals surface area contributed by atoms with Gasteiger partial charge in [-0.1, -0.05) is 39.3 Å². The maximum atomic E-state index is 6.21. The van der Waals surface area contributed by atoms with Gasteiger partial charge in [0.1, 0.15) is 16.8 Å². The quantitative estimate of drug-likeness (QED) is 0.779. The molecule has 1 unspecified atom stereocenters. The van der Waals surface area contributed by atoms with E-state index in [4.69, 9.17) is 11.6 Å². The lowest BCUT2D eigenvalue weighted by atomic mass is 10.2. The van der Waals surface area contributed by atoms with E-state index < -0.39 is 0 Å². The molecule has 0 bridgehead atoms. The van der Waals surface area contributed by atoms with E-state index in [0.717, 1.165) is 36.8 Å². The van der Waals surface area contributed by atoms with Crippen LogP contribution >= 0.6 is 11.6 Å². The standard InChI is InChI=1S/C15H27ClN4/c1-7-20(8-2)9-11(5)17-15-12(6)13(16)18-14(19-15)10(3)4/h10-11H,7-9H2,1-6H3,(H,17,18,19). The van der Waals surface area contributed by atoms with Crippen molar-refractivity contribution >= 4 is 17.4 Å². The fraction of sp³-hybridized carbons (Fsp3) is 0.733. The van der Waals surface area contributed by atoms with Crippen LogP contribution in [0.2, 0.25) is 5.15 Å². The monoisotopic (exact) mass is 298 g/mol. The number of rotatable bonds is 7. The second-order valence-corrected chi connectivity index (χ2v) is 5.89. The van der Waals surface area contributed by atoms with Gasteiger partial charge in [0.2, 0.25) is 0 Å². The Balaban J connectivity index is 2.85. The lowest BCUT2D eigenvalue weighted by Gasteiger charge is -2.24. The molecule has 4 nitrogen and oxygen atoms in total. The number of halogens is 1. The lowest BCUT2D eigenvalue weighted by Crippen LogP contribution is -2.35. The van der Waals surface area contributed by atoms with Gasteiger partial charge in [-0.15, -0.1) is 0 Å². The van der Waals surface area contributed by atoms with E-state index >= 15 is 0 Å².